The second-order valence-electron chi connectivity index (χ2n) is 4.77. The maximum absolute atomic E-state index is 6.12. The third-order valence-electron chi connectivity index (χ3n) is 3.60. The van der Waals surface area contributed by atoms with Gasteiger partial charge in [-0.1, -0.05) is 0 Å². The number of hydrogen-bond donors (Lipinski definition) is 0. The van der Waals surface area contributed by atoms with Gasteiger partial charge in [0.2, 0.25) is 0 Å². The summed E-state index contributed by atoms with van der Waals surface area (Å²) in [5.41, 5.74) is 0. The van der Waals surface area contributed by atoms with Crippen LogP contribution in [0.15, 0.2) is 30.3 Å². The van der Waals surface area contributed by atoms with Crippen molar-refractivity contribution in [3.05, 3.63) is 30.3 Å². The molecular formula is C14H18OSe. The first-order valence-electron chi connectivity index (χ1n) is 6.29. The van der Waals surface area contributed by atoms with Gasteiger partial charge in [0.25, 0.3) is 0 Å². The minimum atomic E-state index is 0.577. The second kappa shape index (κ2) is 4.91. The first kappa shape index (κ1) is 10.8. The van der Waals surface area contributed by atoms with Crippen LogP contribution in [0.4, 0.5) is 0 Å². The van der Waals surface area contributed by atoms with Gasteiger partial charge in [0.15, 0.2) is 0 Å². The van der Waals surface area contributed by atoms with E-state index in [9.17, 15) is 0 Å². The molecule has 0 aromatic heterocycles. The Bertz CT molecular complexity index is 338. The van der Waals surface area contributed by atoms with Crippen LogP contribution in [0.3, 0.4) is 0 Å². The van der Waals surface area contributed by atoms with Gasteiger partial charge in [0, 0.05) is 0 Å². The van der Waals surface area contributed by atoms with Crippen molar-refractivity contribution < 1.29 is 4.74 Å². The van der Waals surface area contributed by atoms with Crippen LogP contribution in [0.1, 0.15) is 32.1 Å². The van der Waals surface area contributed by atoms with Crippen LogP contribution in [0.2, 0.25) is 4.82 Å². The maximum atomic E-state index is 6.12. The standard InChI is InChI=1S/C14H18OSe/c1-2-6-12(7-3-1)16-14-10-9-11-5-4-8-13(14)15-11/h1-3,6-7,11,13-14H,4-5,8-10H2/t11-,13+,14+/m1/s1. The number of benzene rings is 1. The van der Waals surface area contributed by atoms with Gasteiger partial charge in [-0.05, 0) is 0 Å². The predicted molar refractivity (Wildman–Crippen MR) is 67.3 cm³/mol. The van der Waals surface area contributed by atoms with E-state index in [1.165, 1.54) is 36.6 Å². The third kappa shape index (κ3) is 2.34. The van der Waals surface area contributed by atoms with Gasteiger partial charge in [0.05, 0.1) is 0 Å². The van der Waals surface area contributed by atoms with Gasteiger partial charge in [-0.15, -0.1) is 0 Å². The molecule has 1 nitrogen and oxygen atoms in total. The Morgan fingerprint density at radius 3 is 2.75 bits per heavy atom. The second-order valence-corrected chi connectivity index (χ2v) is 7.53. The molecule has 2 heterocycles. The van der Waals surface area contributed by atoms with Crippen molar-refractivity contribution in [3.8, 4) is 0 Å². The van der Waals surface area contributed by atoms with Crippen LogP contribution >= 0.6 is 0 Å². The number of fused-ring (bicyclic) bond motifs is 2. The first-order chi connectivity index (χ1) is 7.92. The summed E-state index contributed by atoms with van der Waals surface area (Å²) >= 11 is 0.605. The van der Waals surface area contributed by atoms with E-state index in [1.54, 1.807) is 0 Å². The molecule has 2 saturated heterocycles. The van der Waals surface area contributed by atoms with Crippen LogP contribution in [0, 0.1) is 0 Å². The van der Waals surface area contributed by atoms with Gasteiger partial charge >= 0.3 is 104 Å². The van der Waals surface area contributed by atoms with Crippen LogP contribution in [-0.2, 0) is 4.74 Å². The molecule has 2 aliphatic heterocycles. The van der Waals surface area contributed by atoms with Crippen molar-refractivity contribution in [2.24, 2.45) is 0 Å². The molecular weight excluding hydrogens is 263 g/mol. The van der Waals surface area contributed by atoms with Crippen molar-refractivity contribution in [2.45, 2.75) is 49.1 Å². The first-order valence-corrected chi connectivity index (χ1v) is 8.13. The Kier molecular flexibility index (Phi) is 3.32. The van der Waals surface area contributed by atoms with E-state index >= 15 is 0 Å². The molecule has 0 unspecified atom stereocenters. The summed E-state index contributed by atoms with van der Waals surface area (Å²) in [4.78, 5) is 0.825. The van der Waals surface area contributed by atoms with E-state index in [4.69, 9.17) is 4.74 Å². The summed E-state index contributed by atoms with van der Waals surface area (Å²) in [5.74, 6) is 0. The molecule has 0 spiro atoms. The Balaban J connectivity index is 1.66. The minimum absolute atomic E-state index is 0.577. The molecule has 0 radical (unpaired) electrons. The topological polar surface area (TPSA) is 9.23 Å². The summed E-state index contributed by atoms with van der Waals surface area (Å²) in [6, 6.07) is 11.0. The zero-order chi connectivity index (χ0) is 10.8. The monoisotopic (exact) mass is 282 g/mol. The molecule has 1 aromatic rings. The number of ether oxygens (including phenoxy) is 1. The van der Waals surface area contributed by atoms with Crippen LogP contribution in [-0.4, -0.2) is 27.2 Å². The van der Waals surface area contributed by atoms with E-state index < -0.39 is 0 Å². The SMILES string of the molecule is c1ccc([Se][C@H]2CC[C@H]3CCC[C@@H]2O3)cc1. The molecule has 86 valence electrons. The molecule has 2 bridgehead atoms. The molecule has 16 heavy (non-hydrogen) atoms. The zero-order valence-corrected chi connectivity index (χ0v) is 11.2. The van der Waals surface area contributed by atoms with E-state index in [0.29, 0.717) is 27.2 Å². The Morgan fingerprint density at radius 2 is 1.88 bits per heavy atom. The summed E-state index contributed by atoms with van der Waals surface area (Å²) in [6.07, 6.45) is 7.86. The molecule has 0 aliphatic carbocycles. The van der Waals surface area contributed by atoms with Gasteiger partial charge in [-0.3, -0.25) is 0 Å². The fraction of sp³-hybridized carbons (Fsp3) is 0.571. The normalized spacial score (nSPS) is 33.6. The van der Waals surface area contributed by atoms with Gasteiger partial charge < -0.3 is 0 Å². The molecule has 0 saturated carbocycles. The fourth-order valence-corrected chi connectivity index (χ4v) is 5.42. The van der Waals surface area contributed by atoms with Gasteiger partial charge in [0.1, 0.15) is 0 Å². The van der Waals surface area contributed by atoms with E-state index in [-0.39, 0.29) is 0 Å². The summed E-state index contributed by atoms with van der Waals surface area (Å²) in [7, 11) is 0. The zero-order valence-electron chi connectivity index (χ0n) is 9.47. The van der Waals surface area contributed by atoms with Crippen LogP contribution in [0.5, 0.6) is 0 Å². The van der Waals surface area contributed by atoms with Crippen molar-refractivity contribution in [1.82, 2.24) is 0 Å². The third-order valence-corrected chi connectivity index (χ3v) is 6.51. The average Bonchev–Trinajstić information content (AvgIpc) is 2.35. The number of hydrogen-bond acceptors (Lipinski definition) is 1. The fourth-order valence-electron chi connectivity index (χ4n) is 2.76. The van der Waals surface area contributed by atoms with Gasteiger partial charge in [-0.25, -0.2) is 0 Å². The van der Waals surface area contributed by atoms with Gasteiger partial charge in [-0.2, -0.15) is 0 Å². The number of rotatable bonds is 2. The van der Waals surface area contributed by atoms with Crippen LogP contribution in [0.25, 0.3) is 0 Å². The van der Waals surface area contributed by atoms with Crippen molar-refractivity contribution >= 4 is 19.4 Å². The molecule has 2 heteroatoms. The molecule has 3 rings (SSSR count). The quantitative estimate of drug-likeness (QED) is 0.757. The van der Waals surface area contributed by atoms with E-state index in [2.05, 4.69) is 30.3 Å². The molecule has 0 amide bonds. The molecule has 0 N–H and O–H groups in total. The van der Waals surface area contributed by atoms with Crippen molar-refractivity contribution in [1.29, 1.82) is 0 Å². The molecule has 2 fully saturated rings. The Morgan fingerprint density at radius 1 is 1.00 bits per heavy atom. The molecule has 2 aliphatic rings. The predicted octanol–water partition coefficient (Wildman–Crippen LogP) is 2.54. The summed E-state index contributed by atoms with van der Waals surface area (Å²) in [6.45, 7) is 0. The Labute approximate surface area is 104 Å². The summed E-state index contributed by atoms with van der Waals surface area (Å²) < 4.78 is 7.66. The summed E-state index contributed by atoms with van der Waals surface area (Å²) in [5, 5.41) is 0. The molecule has 1 aromatic carbocycles. The van der Waals surface area contributed by atoms with Crippen molar-refractivity contribution in [3.63, 3.8) is 0 Å². The van der Waals surface area contributed by atoms with Crippen molar-refractivity contribution in [2.75, 3.05) is 0 Å². The van der Waals surface area contributed by atoms with E-state index in [1.807, 2.05) is 0 Å². The average molecular weight is 281 g/mol. The molecule has 3 atom stereocenters. The Hall–Kier alpha value is -0.301. The van der Waals surface area contributed by atoms with E-state index in [0.717, 1.165) is 4.82 Å². The van der Waals surface area contributed by atoms with Crippen LogP contribution < -0.4 is 4.46 Å².